The van der Waals surface area contributed by atoms with Crippen LogP contribution in [0.2, 0.25) is 0 Å². The molecule has 1 aliphatic rings. The van der Waals surface area contributed by atoms with Crippen LogP contribution in [0.15, 0.2) is 54.6 Å². The molecule has 4 N–H and O–H groups in total. The molecule has 0 aromatic heterocycles. The molecule has 29 heavy (non-hydrogen) atoms. The molecule has 0 bridgehead atoms. The summed E-state index contributed by atoms with van der Waals surface area (Å²) in [5, 5.41) is 11.9. The summed E-state index contributed by atoms with van der Waals surface area (Å²) < 4.78 is 0. The van der Waals surface area contributed by atoms with Gasteiger partial charge >= 0.3 is 6.03 Å². The lowest BCUT2D eigenvalue weighted by atomic mass is 9.85. The average molecular weight is 417 g/mol. The zero-order valence-corrected chi connectivity index (χ0v) is 17.4. The van der Waals surface area contributed by atoms with Crippen molar-refractivity contribution in [1.82, 2.24) is 5.32 Å². The zero-order valence-electron chi connectivity index (χ0n) is 16.6. The van der Waals surface area contributed by atoms with Crippen LogP contribution >= 0.6 is 12.4 Å². The lowest BCUT2D eigenvalue weighted by molar-refractivity contribution is -0.117. The number of amides is 3. The minimum absolute atomic E-state index is 0. The molecule has 1 heterocycles. The quantitative estimate of drug-likeness (QED) is 0.550. The van der Waals surface area contributed by atoms with Crippen LogP contribution in [-0.2, 0) is 4.79 Å². The van der Waals surface area contributed by atoms with Crippen LogP contribution in [0.25, 0.3) is 0 Å². The number of halogens is 1. The molecule has 3 rings (SSSR count). The SMILES string of the molecule is CC(CC(=O)Nc1cccc(NC(=O)Nc2ccccc2)c1)C1CCCNC1.Cl. The van der Waals surface area contributed by atoms with Crippen LogP contribution in [-0.4, -0.2) is 25.0 Å². The number of rotatable bonds is 6. The Hall–Kier alpha value is -2.57. The molecule has 2 aromatic rings. The van der Waals surface area contributed by atoms with E-state index >= 15 is 0 Å². The van der Waals surface area contributed by atoms with E-state index in [2.05, 4.69) is 28.2 Å². The van der Waals surface area contributed by atoms with Gasteiger partial charge in [-0.15, -0.1) is 12.4 Å². The first kappa shape index (κ1) is 22.7. The van der Waals surface area contributed by atoms with Gasteiger partial charge in [0.15, 0.2) is 0 Å². The second-order valence-electron chi connectivity index (χ2n) is 7.36. The molecule has 2 aromatic carbocycles. The van der Waals surface area contributed by atoms with Gasteiger partial charge in [-0.05, 0) is 68.1 Å². The first-order chi connectivity index (χ1) is 13.6. The molecule has 0 radical (unpaired) electrons. The summed E-state index contributed by atoms with van der Waals surface area (Å²) in [6.07, 6.45) is 2.85. The average Bonchev–Trinajstić information content (AvgIpc) is 2.69. The van der Waals surface area contributed by atoms with Crippen LogP contribution in [0.1, 0.15) is 26.2 Å². The highest BCUT2D eigenvalue weighted by Crippen LogP contribution is 2.23. The highest BCUT2D eigenvalue weighted by atomic mass is 35.5. The third-order valence-corrected chi connectivity index (χ3v) is 5.08. The van der Waals surface area contributed by atoms with Crippen LogP contribution in [0.5, 0.6) is 0 Å². The standard InChI is InChI=1S/C22H28N4O2.ClH/c1-16(17-7-6-12-23-15-17)13-21(27)24-19-10-5-11-20(14-19)26-22(28)25-18-8-3-2-4-9-18;/h2-5,8-11,14,16-17,23H,6-7,12-13,15H2,1H3,(H,24,27)(H2,25,26,28);1H. The van der Waals surface area contributed by atoms with Gasteiger partial charge in [-0.1, -0.05) is 31.2 Å². The highest BCUT2D eigenvalue weighted by Gasteiger charge is 2.22. The van der Waals surface area contributed by atoms with Gasteiger partial charge in [-0.25, -0.2) is 4.79 Å². The number of hydrogen-bond donors (Lipinski definition) is 4. The first-order valence-electron chi connectivity index (χ1n) is 9.84. The summed E-state index contributed by atoms with van der Waals surface area (Å²) in [6.45, 7) is 4.21. The van der Waals surface area contributed by atoms with E-state index in [1.54, 1.807) is 12.1 Å². The number of piperidine rings is 1. The zero-order chi connectivity index (χ0) is 19.8. The van der Waals surface area contributed by atoms with Gasteiger partial charge in [-0.2, -0.15) is 0 Å². The molecule has 1 fully saturated rings. The van der Waals surface area contributed by atoms with Crippen LogP contribution in [0.3, 0.4) is 0 Å². The largest absolute Gasteiger partial charge is 0.326 e. The molecular weight excluding hydrogens is 388 g/mol. The fraction of sp³-hybridized carbons (Fsp3) is 0.364. The van der Waals surface area contributed by atoms with E-state index in [1.807, 2.05) is 42.5 Å². The molecule has 2 atom stereocenters. The molecular formula is C22H29ClN4O2. The van der Waals surface area contributed by atoms with Crippen LogP contribution in [0, 0.1) is 11.8 Å². The fourth-order valence-corrected chi connectivity index (χ4v) is 3.53. The molecule has 6 nitrogen and oxygen atoms in total. The Labute approximate surface area is 178 Å². The van der Waals surface area contributed by atoms with Crippen LogP contribution in [0.4, 0.5) is 21.9 Å². The Bertz CT molecular complexity index is 794. The van der Waals surface area contributed by atoms with Gasteiger partial charge in [-0.3, -0.25) is 4.79 Å². The summed E-state index contributed by atoms with van der Waals surface area (Å²) in [7, 11) is 0. The predicted octanol–water partition coefficient (Wildman–Crippen LogP) is 4.72. The number of benzene rings is 2. The van der Waals surface area contributed by atoms with Crippen molar-refractivity contribution < 1.29 is 9.59 Å². The number of urea groups is 1. The topological polar surface area (TPSA) is 82.3 Å². The van der Waals surface area contributed by atoms with Gasteiger partial charge in [0.25, 0.3) is 0 Å². The normalized spacial score (nSPS) is 16.8. The van der Waals surface area contributed by atoms with Gasteiger partial charge < -0.3 is 21.3 Å². The maximum Gasteiger partial charge on any atom is 0.323 e. The van der Waals surface area contributed by atoms with Crippen molar-refractivity contribution in [3.8, 4) is 0 Å². The molecule has 1 aliphatic heterocycles. The first-order valence-corrected chi connectivity index (χ1v) is 9.84. The predicted molar refractivity (Wildman–Crippen MR) is 121 cm³/mol. The maximum atomic E-state index is 12.4. The van der Waals surface area contributed by atoms with Crippen LogP contribution < -0.4 is 21.3 Å². The van der Waals surface area contributed by atoms with Crippen molar-refractivity contribution in [3.05, 3.63) is 54.6 Å². The Morgan fingerprint density at radius 1 is 1.00 bits per heavy atom. The fourth-order valence-electron chi connectivity index (χ4n) is 3.53. The van der Waals surface area contributed by atoms with Gasteiger partial charge in [0, 0.05) is 23.5 Å². The Morgan fingerprint density at radius 2 is 1.66 bits per heavy atom. The molecule has 0 aliphatic carbocycles. The summed E-state index contributed by atoms with van der Waals surface area (Å²) in [5.74, 6) is 0.893. The summed E-state index contributed by atoms with van der Waals surface area (Å²) in [4.78, 5) is 24.5. The van der Waals surface area contributed by atoms with Gasteiger partial charge in [0.05, 0.1) is 0 Å². The Kier molecular flexibility index (Phi) is 8.96. The van der Waals surface area contributed by atoms with Crippen molar-refractivity contribution in [2.75, 3.05) is 29.0 Å². The molecule has 1 saturated heterocycles. The lowest BCUT2D eigenvalue weighted by Crippen LogP contribution is -2.34. The van der Waals surface area contributed by atoms with Gasteiger partial charge in [0.2, 0.25) is 5.91 Å². The molecule has 2 unspecified atom stereocenters. The maximum absolute atomic E-state index is 12.4. The Morgan fingerprint density at radius 3 is 2.34 bits per heavy atom. The smallest absolute Gasteiger partial charge is 0.323 e. The van der Waals surface area contributed by atoms with Crippen molar-refractivity contribution in [1.29, 1.82) is 0 Å². The number of nitrogens with one attached hydrogen (secondary N) is 4. The van der Waals surface area contributed by atoms with Crippen molar-refractivity contribution >= 4 is 41.4 Å². The van der Waals surface area contributed by atoms with Crippen molar-refractivity contribution in [2.45, 2.75) is 26.2 Å². The Balaban J connectivity index is 0.00000300. The minimum Gasteiger partial charge on any atom is -0.326 e. The van der Waals surface area contributed by atoms with E-state index in [9.17, 15) is 9.59 Å². The van der Waals surface area contributed by atoms with Crippen molar-refractivity contribution in [3.63, 3.8) is 0 Å². The number of anilines is 3. The number of hydrogen-bond acceptors (Lipinski definition) is 3. The molecule has 3 amide bonds. The van der Waals surface area contributed by atoms with E-state index in [4.69, 9.17) is 0 Å². The molecule has 0 spiro atoms. The van der Waals surface area contributed by atoms with E-state index in [0.29, 0.717) is 29.6 Å². The van der Waals surface area contributed by atoms with Gasteiger partial charge in [0.1, 0.15) is 0 Å². The summed E-state index contributed by atoms with van der Waals surface area (Å²) in [6, 6.07) is 16.1. The number of carbonyl (C=O) groups excluding carboxylic acids is 2. The number of carbonyl (C=O) groups is 2. The molecule has 0 saturated carbocycles. The third-order valence-electron chi connectivity index (χ3n) is 5.08. The number of para-hydroxylation sites is 1. The lowest BCUT2D eigenvalue weighted by Gasteiger charge is -2.28. The monoisotopic (exact) mass is 416 g/mol. The van der Waals surface area contributed by atoms with Crippen molar-refractivity contribution in [2.24, 2.45) is 11.8 Å². The third kappa shape index (κ3) is 7.40. The molecule has 7 heteroatoms. The second kappa shape index (κ2) is 11.4. The van der Waals surface area contributed by atoms with E-state index in [-0.39, 0.29) is 24.3 Å². The summed E-state index contributed by atoms with van der Waals surface area (Å²) in [5.41, 5.74) is 2.02. The minimum atomic E-state index is -0.326. The summed E-state index contributed by atoms with van der Waals surface area (Å²) >= 11 is 0. The molecule has 156 valence electrons. The highest BCUT2D eigenvalue weighted by molar-refractivity contribution is 6.00. The van der Waals surface area contributed by atoms with E-state index < -0.39 is 0 Å². The van der Waals surface area contributed by atoms with E-state index in [0.717, 1.165) is 18.8 Å². The second-order valence-corrected chi connectivity index (χ2v) is 7.36. The van der Waals surface area contributed by atoms with E-state index in [1.165, 1.54) is 12.8 Å².